The molecule has 0 saturated carbocycles. The van der Waals surface area contributed by atoms with Gasteiger partial charge >= 0.3 is 0 Å². The number of β-amino-alcohol motifs (C(OH)–C–C–N with tert-alkyl or cyclic N) is 1. The molecule has 0 aromatic carbocycles. The third-order valence-electron chi connectivity index (χ3n) is 3.61. The molecule has 0 radical (unpaired) electrons. The highest BCUT2D eigenvalue weighted by molar-refractivity contribution is 5.05. The summed E-state index contributed by atoms with van der Waals surface area (Å²) in [7, 11) is 0. The van der Waals surface area contributed by atoms with Crippen LogP contribution in [0.1, 0.15) is 12.8 Å². The van der Waals surface area contributed by atoms with Crippen LogP contribution >= 0.6 is 0 Å². The molecule has 2 saturated heterocycles. The first-order chi connectivity index (χ1) is 6.22. The smallest absolute Gasteiger partial charge is 0.0874 e. The largest absolute Gasteiger partial charge is 0.388 e. The minimum atomic E-state index is -0.641. The normalized spacial score (nSPS) is 45.7. The van der Waals surface area contributed by atoms with Crippen molar-refractivity contribution >= 4 is 0 Å². The number of hydrogen-bond acceptors (Lipinski definition) is 4. The zero-order valence-corrected chi connectivity index (χ0v) is 7.88. The van der Waals surface area contributed by atoms with Crippen LogP contribution in [0.25, 0.3) is 0 Å². The maximum atomic E-state index is 10.4. The lowest BCUT2D eigenvalue weighted by Crippen LogP contribution is -2.54. The van der Waals surface area contributed by atoms with Gasteiger partial charge in [-0.1, -0.05) is 0 Å². The molecule has 0 aromatic rings. The number of nitrogens with one attached hydrogen (secondary N) is 1. The molecule has 4 N–H and O–H groups in total. The lowest BCUT2D eigenvalue weighted by molar-refractivity contribution is -0.0671. The van der Waals surface area contributed by atoms with Crippen LogP contribution < -0.4 is 11.1 Å². The summed E-state index contributed by atoms with van der Waals surface area (Å²) in [5, 5.41) is 13.6. The molecular weight excluding hydrogens is 168 g/mol. The Hall–Kier alpha value is -0.160. The molecule has 0 aromatic heterocycles. The van der Waals surface area contributed by atoms with E-state index in [0.717, 1.165) is 26.0 Å². The molecule has 4 nitrogen and oxygen atoms in total. The lowest BCUT2D eigenvalue weighted by atomic mass is 9.70. The van der Waals surface area contributed by atoms with Crippen molar-refractivity contribution in [1.29, 1.82) is 0 Å². The average molecular weight is 186 g/mol. The Labute approximate surface area is 78.4 Å². The Kier molecular flexibility index (Phi) is 2.32. The van der Waals surface area contributed by atoms with E-state index < -0.39 is 5.60 Å². The lowest BCUT2D eigenvalue weighted by Gasteiger charge is -2.40. The van der Waals surface area contributed by atoms with E-state index >= 15 is 0 Å². The second-order valence-corrected chi connectivity index (χ2v) is 4.25. The van der Waals surface area contributed by atoms with Crippen molar-refractivity contribution in [2.45, 2.75) is 18.4 Å². The zero-order valence-electron chi connectivity index (χ0n) is 7.88. The summed E-state index contributed by atoms with van der Waals surface area (Å²) in [6.07, 6.45) is 1.69. The minimum absolute atomic E-state index is 0.198. The fourth-order valence-electron chi connectivity index (χ4n) is 2.46. The fraction of sp³-hybridized carbons (Fsp3) is 1.00. The standard InChI is InChI=1S/C9H18N2O2/c10-5-8(2-4-13-7-8)9(12)1-3-11-6-9/h11-12H,1-7,10H2. The van der Waals surface area contributed by atoms with Crippen molar-refractivity contribution < 1.29 is 9.84 Å². The molecule has 2 atom stereocenters. The molecule has 76 valence electrons. The van der Waals surface area contributed by atoms with Gasteiger partial charge in [-0.2, -0.15) is 0 Å². The number of hydrogen-bond donors (Lipinski definition) is 3. The zero-order chi connectivity index (χ0) is 9.36. The molecule has 2 fully saturated rings. The molecule has 0 bridgehead atoms. The van der Waals surface area contributed by atoms with Gasteiger partial charge in [-0.25, -0.2) is 0 Å². The van der Waals surface area contributed by atoms with Gasteiger partial charge in [0, 0.05) is 25.1 Å². The van der Waals surface area contributed by atoms with E-state index in [1.54, 1.807) is 0 Å². The van der Waals surface area contributed by atoms with E-state index in [1.807, 2.05) is 0 Å². The van der Waals surface area contributed by atoms with Crippen LogP contribution in [0.15, 0.2) is 0 Å². The van der Waals surface area contributed by atoms with Crippen molar-refractivity contribution in [2.75, 3.05) is 32.8 Å². The van der Waals surface area contributed by atoms with E-state index in [1.165, 1.54) is 0 Å². The van der Waals surface area contributed by atoms with Crippen LogP contribution in [-0.2, 0) is 4.74 Å². The second kappa shape index (κ2) is 3.20. The van der Waals surface area contributed by atoms with Gasteiger partial charge in [0.2, 0.25) is 0 Å². The summed E-state index contributed by atoms with van der Waals surface area (Å²) in [6.45, 7) is 3.41. The number of nitrogens with two attached hydrogens (primary N) is 1. The third kappa shape index (κ3) is 1.29. The van der Waals surface area contributed by atoms with Crippen molar-refractivity contribution in [3.05, 3.63) is 0 Å². The number of rotatable bonds is 2. The topological polar surface area (TPSA) is 67.5 Å². The Morgan fingerprint density at radius 3 is 2.77 bits per heavy atom. The molecule has 0 aliphatic carbocycles. The van der Waals surface area contributed by atoms with E-state index in [0.29, 0.717) is 19.7 Å². The van der Waals surface area contributed by atoms with Gasteiger partial charge < -0.3 is 20.9 Å². The van der Waals surface area contributed by atoms with E-state index in [9.17, 15) is 5.11 Å². The fourth-order valence-corrected chi connectivity index (χ4v) is 2.46. The first-order valence-electron chi connectivity index (χ1n) is 4.93. The molecule has 4 heteroatoms. The van der Waals surface area contributed by atoms with Gasteiger partial charge in [0.15, 0.2) is 0 Å². The van der Waals surface area contributed by atoms with Crippen molar-refractivity contribution in [3.63, 3.8) is 0 Å². The molecule has 2 aliphatic heterocycles. The molecule has 2 rings (SSSR count). The van der Waals surface area contributed by atoms with Gasteiger partial charge in [0.05, 0.1) is 12.2 Å². The molecule has 13 heavy (non-hydrogen) atoms. The maximum Gasteiger partial charge on any atom is 0.0874 e. The first-order valence-corrected chi connectivity index (χ1v) is 4.93. The van der Waals surface area contributed by atoms with Crippen LogP contribution in [0.4, 0.5) is 0 Å². The summed E-state index contributed by atoms with van der Waals surface area (Å²) < 4.78 is 5.36. The van der Waals surface area contributed by atoms with E-state index in [4.69, 9.17) is 10.5 Å². The van der Waals surface area contributed by atoms with Gasteiger partial charge in [0.25, 0.3) is 0 Å². The summed E-state index contributed by atoms with van der Waals surface area (Å²) in [5.41, 5.74) is 4.93. The Bertz CT molecular complexity index is 184. The third-order valence-corrected chi connectivity index (χ3v) is 3.61. The SMILES string of the molecule is NCC1(C2(O)CCNC2)CCOC1. The Morgan fingerprint density at radius 1 is 1.46 bits per heavy atom. The summed E-state index contributed by atoms with van der Waals surface area (Å²) >= 11 is 0. The number of aliphatic hydroxyl groups is 1. The van der Waals surface area contributed by atoms with Crippen molar-refractivity contribution in [1.82, 2.24) is 5.32 Å². The average Bonchev–Trinajstić information content (AvgIpc) is 2.73. The highest BCUT2D eigenvalue weighted by atomic mass is 16.5. The molecule has 2 unspecified atom stereocenters. The summed E-state index contributed by atoms with van der Waals surface area (Å²) in [4.78, 5) is 0. The summed E-state index contributed by atoms with van der Waals surface area (Å²) in [5.74, 6) is 0. The minimum Gasteiger partial charge on any atom is -0.388 e. The van der Waals surface area contributed by atoms with Crippen molar-refractivity contribution in [3.8, 4) is 0 Å². The van der Waals surface area contributed by atoms with E-state index in [-0.39, 0.29) is 5.41 Å². The monoisotopic (exact) mass is 186 g/mol. The van der Waals surface area contributed by atoms with E-state index in [2.05, 4.69) is 5.32 Å². The van der Waals surface area contributed by atoms with Crippen LogP contribution in [-0.4, -0.2) is 43.6 Å². The number of ether oxygens (including phenoxy) is 1. The van der Waals surface area contributed by atoms with Gasteiger partial charge in [0.1, 0.15) is 0 Å². The molecular formula is C9H18N2O2. The maximum absolute atomic E-state index is 10.4. The van der Waals surface area contributed by atoms with Crippen LogP contribution in [0.2, 0.25) is 0 Å². The quantitative estimate of drug-likeness (QED) is 0.521. The predicted molar refractivity (Wildman–Crippen MR) is 49.4 cm³/mol. The molecule has 2 heterocycles. The highest BCUT2D eigenvalue weighted by Gasteiger charge is 2.52. The van der Waals surface area contributed by atoms with Gasteiger partial charge in [-0.3, -0.25) is 0 Å². The van der Waals surface area contributed by atoms with Crippen LogP contribution in [0.3, 0.4) is 0 Å². The Balaban J connectivity index is 2.18. The molecule has 0 spiro atoms. The second-order valence-electron chi connectivity index (χ2n) is 4.25. The highest BCUT2D eigenvalue weighted by Crippen LogP contribution is 2.41. The van der Waals surface area contributed by atoms with Crippen LogP contribution in [0, 0.1) is 5.41 Å². The van der Waals surface area contributed by atoms with Gasteiger partial charge in [-0.05, 0) is 19.4 Å². The molecule has 0 amide bonds. The van der Waals surface area contributed by atoms with Crippen molar-refractivity contribution in [2.24, 2.45) is 11.1 Å². The first kappa shape index (κ1) is 9.40. The molecule has 2 aliphatic rings. The van der Waals surface area contributed by atoms with Gasteiger partial charge in [-0.15, -0.1) is 0 Å². The Morgan fingerprint density at radius 2 is 2.31 bits per heavy atom. The van der Waals surface area contributed by atoms with Crippen LogP contribution in [0.5, 0.6) is 0 Å². The summed E-state index contributed by atoms with van der Waals surface area (Å²) in [6, 6.07) is 0. The predicted octanol–water partition coefficient (Wildman–Crippen LogP) is -0.924.